The van der Waals surface area contributed by atoms with E-state index in [9.17, 15) is 0 Å². The molecule has 0 saturated carbocycles. The van der Waals surface area contributed by atoms with Crippen molar-refractivity contribution in [1.29, 1.82) is 0 Å². The molecule has 0 radical (unpaired) electrons. The molecule has 35 heavy (non-hydrogen) atoms. The van der Waals surface area contributed by atoms with E-state index < -0.39 is 11.6 Å². The minimum absolute atomic E-state index is 0.290. The van der Waals surface area contributed by atoms with E-state index in [1.807, 2.05) is 78.8 Å². The molecular formula is C27H26Cl4N2O2. The molecule has 0 saturated heterocycles. The maximum atomic E-state index is 6.98. The third-order valence-electron chi connectivity index (χ3n) is 5.74. The van der Waals surface area contributed by atoms with Gasteiger partial charge in [0.15, 0.2) is 0 Å². The predicted octanol–water partition coefficient (Wildman–Crippen LogP) is 7.90. The van der Waals surface area contributed by atoms with Crippen molar-refractivity contribution in [3.05, 3.63) is 111 Å². The smallest absolute Gasteiger partial charge is 0.135 e. The minimum Gasteiger partial charge on any atom is -0.491 e. The second-order valence-electron chi connectivity index (χ2n) is 8.27. The Morgan fingerprint density at radius 2 is 1.66 bits per heavy atom. The molecule has 184 valence electrons. The van der Waals surface area contributed by atoms with E-state index in [-0.39, 0.29) is 6.61 Å². The Kier molecular flexibility index (Phi) is 9.10. The Balaban J connectivity index is 1.39. The van der Waals surface area contributed by atoms with Crippen molar-refractivity contribution in [2.45, 2.75) is 25.1 Å². The normalized spacial score (nSPS) is 14.9. The standard InChI is InChI=1S/C27H26Cl4N2O2/c1-19-4-2-3-5-25(19)34-15-14-32-12-13-33(18-32)27(31)26(20-6-9-22(28)10-7-20)35-17-21-8-11-23(29)16-24(21)30/h2-13,16,26-27H,14-15,17-18H2,1H3. The third kappa shape index (κ3) is 6.99. The molecule has 0 spiro atoms. The van der Waals surface area contributed by atoms with Crippen molar-refractivity contribution >= 4 is 46.4 Å². The molecule has 4 rings (SSSR count). The molecular weight excluding hydrogens is 526 g/mol. The largest absolute Gasteiger partial charge is 0.491 e. The lowest BCUT2D eigenvalue weighted by Crippen LogP contribution is -2.36. The molecule has 0 aliphatic carbocycles. The average Bonchev–Trinajstić information content (AvgIpc) is 3.31. The molecule has 3 aromatic rings. The van der Waals surface area contributed by atoms with Gasteiger partial charge in [-0.2, -0.15) is 0 Å². The van der Waals surface area contributed by atoms with Crippen molar-refractivity contribution < 1.29 is 9.47 Å². The van der Waals surface area contributed by atoms with Crippen LogP contribution in [-0.2, 0) is 11.3 Å². The van der Waals surface area contributed by atoms with Gasteiger partial charge in [0.2, 0.25) is 0 Å². The molecule has 1 heterocycles. The van der Waals surface area contributed by atoms with Gasteiger partial charge in [-0.15, -0.1) is 0 Å². The van der Waals surface area contributed by atoms with Crippen molar-refractivity contribution in [3.63, 3.8) is 0 Å². The van der Waals surface area contributed by atoms with E-state index >= 15 is 0 Å². The van der Waals surface area contributed by atoms with Crippen molar-refractivity contribution in [2.24, 2.45) is 0 Å². The van der Waals surface area contributed by atoms with Crippen LogP contribution in [0.3, 0.4) is 0 Å². The zero-order valence-electron chi connectivity index (χ0n) is 19.2. The van der Waals surface area contributed by atoms with Crippen LogP contribution in [0.1, 0.15) is 22.8 Å². The van der Waals surface area contributed by atoms with Crippen LogP contribution >= 0.6 is 46.4 Å². The van der Waals surface area contributed by atoms with Crippen molar-refractivity contribution in [1.82, 2.24) is 9.80 Å². The van der Waals surface area contributed by atoms with Crippen LogP contribution in [0, 0.1) is 6.92 Å². The molecule has 0 bridgehead atoms. The fourth-order valence-corrected chi connectivity index (χ4v) is 4.69. The highest BCUT2D eigenvalue weighted by atomic mass is 35.5. The molecule has 2 unspecified atom stereocenters. The van der Waals surface area contributed by atoms with Gasteiger partial charge in [0, 0.05) is 27.5 Å². The first-order valence-electron chi connectivity index (χ1n) is 11.2. The van der Waals surface area contributed by atoms with E-state index in [1.165, 1.54) is 0 Å². The Morgan fingerprint density at radius 1 is 0.914 bits per heavy atom. The lowest BCUT2D eigenvalue weighted by Gasteiger charge is -2.31. The topological polar surface area (TPSA) is 24.9 Å². The van der Waals surface area contributed by atoms with Crippen molar-refractivity contribution in [2.75, 3.05) is 19.8 Å². The quantitative estimate of drug-likeness (QED) is 0.189. The second-order valence-corrected chi connectivity index (χ2v) is 10.00. The number of rotatable bonds is 10. The lowest BCUT2D eigenvalue weighted by molar-refractivity contribution is 0.00650. The van der Waals surface area contributed by atoms with Crippen LogP contribution < -0.4 is 4.74 Å². The fourth-order valence-electron chi connectivity index (χ4n) is 3.76. The van der Waals surface area contributed by atoms with Gasteiger partial charge in [-0.25, -0.2) is 0 Å². The van der Waals surface area contributed by atoms with Gasteiger partial charge < -0.3 is 19.3 Å². The fraction of sp³-hybridized carbons (Fsp3) is 0.259. The van der Waals surface area contributed by atoms with Crippen LogP contribution in [0.2, 0.25) is 15.1 Å². The zero-order valence-corrected chi connectivity index (χ0v) is 22.2. The van der Waals surface area contributed by atoms with E-state index in [2.05, 4.69) is 4.90 Å². The zero-order chi connectivity index (χ0) is 24.8. The number of nitrogens with zero attached hydrogens (tertiary/aromatic N) is 2. The molecule has 0 N–H and O–H groups in total. The second kappa shape index (κ2) is 12.2. The maximum Gasteiger partial charge on any atom is 0.135 e. The molecule has 8 heteroatoms. The van der Waals surface area contributed by atoms with Crippen LogP contribution in [-0.4, -0.2) is 35.1 Å². The molecule has 3 aromatic carbocycles. The van der Waals surface area contributed by atoms with Crippen LogP contribution in [0.5, 0.6) is 5.75 Å². The predicted molar refractivity (Wildman–Crippen MR) is 144 cm³/mol. The Hall–Kier alpha value is -2.08. The first-order chi connectivity index (χ1) is 16.9. The highest BCUT2D eigenvalue weighted by molar-refractivity contribution is 6.35. The summed E-state index contributed by atoms with van der Waals surface area (Å²) in [6.07, 6.45) is 3.58. The molecule has 0 aromatic heterocycles. The minimum atomic E-state index is -0.458. The first kappa shape index (κ1) is 26.0. The number of aryl methyl sites for hydroxylation is 1. The molecule has 4 nitrogen and oxygen atoms in total. The summed E-state index contributed by atoms with van der Waals surface area (Å²) in [7, 11) is 0. The highest BCUT2D eigenvalue weighted by Gasteiger charge is 2.29. The summed E-state index contributed by atoms with van der Waals surface area (Å²) in [5.74, 6) is 0.903. The Bertz CT molecular complexity index is 1160. The van der Waals surface area contributed by atoms with Gasteiger partial charge in [-0.05, 0) is 53.9 Å². The lowest BCUT2D eigenvalue weighted by atomic mass is 10.1. The van der Waals surface area contributed by atoms with Crippen molar-refractivity contribution in [3.8, 4) is 5.75 Å². The van der Waals surface area contributed by atoms with Gasteiger partial charge in [0.05, 0.1) is 19.8 Å². The number of alkyl halides is 1. The third-order valence-corrected chi connectivity index (χ3v) is 7.06. The number of ether oxygens (including phenoxy) is 2. The van der Waals surface area contributed by atoms with Gasteiger partial charge in [0.1, 0.15) is 24.0 Å². The molecule has 1 aliphatic heterocycles. The number of hydrogen-bond donors (Lipinski definition) is 0. The highest BCUT2D eigenvalue weighted by Crippen LogP contribution is 2.33. The van der Waals surface area contributed by atoms with Crippen LogP contribution in [0.4, 0.5) is 0 Å². The first-order valence-corrected chi connectivity index (χ1v) is 12.8. The Labute approximate surface area is 226 Å². The number of halogens is 4. The summed E-state index contributed by atoms with van der Waals surface area (Å²) in [4.78, 5) is 4.20. The van der Waals surface area contributed by atoms with Crippen LogP contribution in [0.15, 0.2) is 79.1 Å². The summed E-state index contributed by atoms with van der Waals surface area (Å²) in [5.41, 5.74) is 2.43. The van der Waals surface area contributed by atoms with Gasteiger partial charge in [-0.3, -0.25) is 0 Å². The molecule has 1 aliphatic rings. The average molecular weight is 552 g/mol. The van der Waals surface area contributed by atoms with Gasteiger partial charge in [0.25, 0.3) is 0 Å². The Morgan fingerprint density at radius 3 is 2.40 bits per heavy atom. The monoisotopic (exact) mass is 550 g/mol. The number of benzene rings is 3. The summed E-state index contributed by atoms with van der Waals surface area (Å²) in [6.45, 7) is 4.26. The SMILES string of the molecule is Cc1ccccc1OCCN1C=CN(C(Cl)C(OCc2ccc(Cl)cc2Cl)c2ccc(Cl)cc2)C1. The summed E-state index contributed by atoms with van der Waals surface area (Å²) < 4.78 is 12.3. The van der Waals surface area contributed by atoms with Gasteiger partial charge >= 0.3 is 0 Å². The maximum absolute atomic E-state index is 6.98. The summed E-state index contributed by atoms with van der Waals surface area (Å²) in [6, 6.07) is 20.9. The van der Waals surface area contributed by atoms with Crippen LogP contribution in [0.25, 0.3) is 0 Å². The summed E-state index contributed by atoms with van der Waals surface area (Å²) >= 11 is 25.5. The summed E-state index contributed by atoms with van der Waals surface area (Å²) in [5, 5.41) is 1.79. The van der Waals surface area contributed by atoms with E-state index in [1.54, 1.807) is 12.1 Å². The number of para-hydroxylation sites is 1. The van der Waals surface area contributed by atoms with E-state index in [0.717, 1.165) is 29.0 Å². The molecule has 0 fully saturated rings. The number of hydrogen-bond acceptors (Lipinski definition) is 4. The molecule has 2 atom stereocenters. The van der Waals surface area contributed by atoms with E-state index in [0.29, 0.717) is 28.3 Å². The molecule has 0 amide bonds. The van der Waals surface area contributed by atoms with E-state index in [4.69, 9.17) is 55.9 Å². The van der Waals surface area contributed by atoms with Gasteiger partial charge in [-0.1, -0.05) is 82.8 Å².